The van der Waals surface area contributed by atoms with Crippen LogP contribution < -0.4 is 4.90 Å². The fourth-order valence-electron chi connectivity index (χ4n) is 4.62. The SMILES string of the molecule is Cc1ccc(N2C=CC=CC2N2CCOCC2)cc1-n1ccn2nc(-c3cccnc3)cc12. The van der Waals surface area contributed by atoms with E-state index in [0.717, 1.165) is 54.6 Å². The molecule has 2 aliphatic heterocycles. The van der Waals surface area contributed by atoms with Gasteiger partial charge in [-0.05, 0) is 48.9 Å². The Morgan fingerprint density at radius 3 is 2.79 bits per heavy atom. The molecule has 0 aliphatic carbocycles. The summed E-state index contributed by atoms with van der Waals surface area (Å²) in [5.74, 6) is 0. The van der Waals surface area contributed by atoms with Gasteiger partial charge >= 0.3 is 0 Å². The number of anilines is 1. The molecular formula is C26H26N6O. The average Bonchev–Trinajstić information content (AvgIpc) is 3.47. The van der Waals surface area contributed by atoms with Crippen LogP contribution in [0.5, 0.6) is 0 Å². The average molecular weight is 439 g/mol. The molecule has 5 heterocycles. The summed E-state index contributed by atoms with van der Waals surface area (Å²) in [5, 5.41) is 4.75. The number of imidazole rings is 1. The Kier molecular flexibility index (Phi) is 5.05. The number of allylic oxidation sites excluding steroid dienone is 2. The summed E-state index contributed by atoms with van der Waals surface area (Å²) in [5.41, 5.74) is 6.46. The Bertz CT molecular complexity index is 1330. The van der Waals surface area contributed by atoms with Crippen LogP contribution in [-0.4, -0.2) is 56.5 Å². The molecule has 1 fully saturated rings. The van der Waals surface area contributed by atoms with E-state index in [-0.39, 0.29) is 6.17 Å². The molecule has 1 aromatic carbocycles. The summed E-state index contributed by atoms with van der Waals surface area (Å²) in [4.78, 5) is 9.04. The molecule has 0 amide bonds. The normalized spacial score (nSPS) is 18.9. The Balaban J connectivity index is 1.38. The molecule has 0 saturated carbocycles. The van der Waals surface area contributed by atoms with Crippen molar-refractivity contribution in [2.24, 2.45) is 0 Å². The van der Waals surface area contributed by atoms with Crippen molar-refractivity contribution >= 4 is 11.3 Å². The van der Waals surface area contributed by atoms with Gasteiger partial charge in [0, 0.05) is 61.4 Å². The monoisotopic (exact) mass is 438 g/mol. The van der Waals surface area contributed by atoms with Gasteiger partial charge in [-0.2, -0.15) is 5.10 Å². The molecule has 7 nitrogen and oxygen atoms in total. The first-order valence-corrected chi connectivity index (χ1v) is 11.3. The topological polar surface area (TPSA) is 50.8 Å². The maximum absolute atomic E-state index is 5.57. The van der Waals surface area contributed by atoms with Gasteiger partial charge in [-0.1, -0.05) is 12.1 Å². The number of aromatic nitrogens is 4. The minimum Gasteiger partial charge on any atom is -0.379 e. The zero-order valence-electron chi connectivity index (χ0n) is 18.6. The lowest BCUT2D eigenvalue weighted by Crippen LogP contribution is -2.50. The molecule has 6 rings (SSSR count). The van der Waals surface area contributed by atoms with Crippen molar-refractivity contribution < 1.29 is 4.74 Å². The molecule has 0 spiro atoms. The molecule has 1 unspecified atom stereocenters. The number of pyridine rings is 1. The molecular weight excluding hydrogens is 412 g/mol. The highest BCUT2D eigenvalue weighted by Gasteiger charge is 2.25. The number of hydrogen-bond acceptors (Lipinski definition) is 5. The van der Waals surface area contributed by atoms with Crippen LogP contribution in [0.3, 0.4) is 0 Å². The molecule has 0 radical (unpaired) electrons. The Morgan fingerprint density at radius 2 is 1.94 bits per heavy atom. The number of rotatable bonds is 4. The third-order valence-electron chi connectivity index (χ3n) is 6.37. The zero-order chi connectivity index (χ0) is 22.2. The third-order valence-corrected chi connectivity index (χ3v) is 6.37. The van der Waals surface area contributed by atoms with Gasteiger partial charge in [0.15, 0.2) is 0 Å². The van der Waals surface area contributed by atoms with Crippen molar-refractivity contribution in [1.82, 2.24) is 24.1 Å². The van der Waals surface area contributed by atoms with E-state index in [2.05, 4.69) is 81.2 Å². The van der Waals surface area contributed by atoms with Gasteiger partial charge in [0.2, 0.25) is 0 Å². The zero-order valence-corrected chi connectivity index (χ0v) is 18.6. The van der Waals surface area contributed by atoms with Crippen LogP contribution in [0.15, 0.2) is 85.6 Å². The van der Waals surface area contributed by atoms with Gasteiger partial charge in [-0.25, -0.2) is 4.52 Å². The summed E-state index contributed by atoms with van der Waals surface area (Å²) in [6, 6.07) is 12.8. The Labute approximate surface area is 192 Å². The van der Waals surface area contributed by atoms with Crippen LogP contribution in [0, 0.1) is 6.92 Å². The lowest BCUT2D eigenvalue weighted by Gasteiger charge is -2.40. The summed E-state index contributed by atoms with van der Waals surface area (Å²) in [6.45, 7) is 5.58. The Morgan fingerprint density at radius 1 is 1.03 bits per heavy atom. The highest BCUT2D eigenvalue weighted by atomic mass is 16.5. The van der Waals surface area contributed by atoms with Crippen LogP contribution in [-0.2, 0) is 4.74 Å². The molecule has 1 atom stereocenters. The van der Waals surface area contributed by atoms with Gasteiger partial charge in [-0.15, -0.1) is 0 Å². The summed E-state index contributed by atoms with van der Waals surface area (Å²) in [6.07, 6.45) is 16.5. The van der Waals surface area contributed by atoms with Gasteiger partial charge in [0.1, 0.15) is 11.8 Å². The molecule has 166 valence electrons. The van der Waals surface area contributed by atoms with Crippen molar-refractivity contribution in [3.8, 4) is 16.9 Å². The highest BCUT2D eigenvalue weighted by molar-refractivity contribution is 5.67. The van der Waals surface area contributed by atoms with E-state index >= 15 is 0 Å². The Hall–Kier alpha value is -3.68. The molecule has 4 aromatic rings. The van der Waals surface area contributed by atoms with E-state index in [9.17, 15) is 0 Å². The van der Waals surface area contributed by atoms with Gasteiger partial charge in [0.25, 0.3) is 0 Å². The van der Waals surface area contributed by atoms with Crippen molar-refractivity contribution in [2.45, 2.75) is 13.1 Å². The molecule has 2 aliphatic rings. The predicted octanol–water partition coefficient (Wildman–Crippen LogP) is 4.04. The molecule has 33 heavy (non-hydrogen) atoms. The molecule has 0 N–H and O–H groups in total. The van der Waals surface area contributed by atoms with Gasteiger partial charge < -0.3 is 9.64 Å². The molecule has 0 bridgehead atoms. The fraction of sp³-hybridized carbons (Fsp3) is 0.231. The number of fused-ring (bicyclic) bond motifs is 1. The summed E-state index contributed by atoms with van der Waals surface area (Å²) < 4.78 is 9.70. The van der Waals surface area contributed by atoms with Crippen LogP contribution in [0.2, 0.25) is 0 Å². The van der Waals surface area contributed by atoms with Crippen LogP contribution in [0.25, 0.3) is 22.6 Å². The second kappa shape index (κ2) is 8.35. The molecule has 3 aromatic heterocycles. The maximum Gasteiger partial charge on any atom is 0.140 e. The van der Waals surface area contributed by atoms with Gasteiger partial charge in [0.05, 0.1) is 24.6 Å². The minimum atomic E-state index is 0.186. The summed E-state index contributed by atoms with van der Waals surface area (Å²) >= 11 is 0. The van der Waals surface area contributed by atoms with Crippen LogP contribution >= 0.6 is 0 Å². The van der Waals surface area contributed by atoms with Crippen molar-refractivity contribution in [3.63, 3.8) is 0 Å². The van der Waals surface area contributed by atoms with Crippen LogP contribution in [0.4, 0.5) is 5.69 Å². The maximum atomic E-state index is 5.57. The van der Waals surface area contributed by atoms with Crippen LogP contribution in [0.1, 0.15) is 5.56 Å². The molecule has 7 heteroatoms. The van der Waals surface area contributed by atoms with E-state index in [1.807, 2.05) is 29.0 Å². The van der Waals surface area contributed by atoms with E-state index in [1.165, 1.54) is 5.56 Å². The quantitative estimate of drug-likeness (QED) is 0.481. The first kappa shape index (κ1) is 20.0. The van der Waals surface area contributed by atoms with E-state index in [1.54, 1.807) is 6.20 Å². The van der Waals surface area contributed by atoms with E-state index in [4.69, 9.17) is 9.84 Å². The first-order valence-electron chi connectivity index (χ1n) is 11.3. The third kappa shape index (κ3) is 3.65. The van der Waals surface area contributed by atoms with Crippen molar-refractivity contribution in [1.29, 1.82) is 0 Å². The smallest absolute Gasteiger partial charge is 0.140 e. The second-order valence-electron chi connectivity index (χ2n) is 8.41. The number of morpholine rings is 1. The summed E-state index contributed by atoms with van der Waals surface area (Å²) in [7, 11) is 0. The van der Waals surface area contributed by atoms with Gasteiger partial charge in [-0.3, -0.25) is 14.5 Å². The number of aryl methyl sites for hydroxylation is 1. The molecule has 1 saturated heterocycles. The number of nitrogens with zero attached hydrogens (tertiary/aromatic N) is 6. The first-order chi connectivity index (χ1) is 16.3. The fourth-order valence-corrected chi connectivity index (χ4v) is 4.62. The standard InChI is InChI=1S/C26H26N6O/c1-20-7-8-22(30-10-3-2-6-25(30)29-13-15-33-16-14-29)17-24(20)31-11-12-32-26(31)18-23(28-32)21-5-4-9-27-19-21/h2-12,17-19,25H,13-16H2,1H3. The number of ether oxygens (including phenoxy) is 1. The lowest BCUT2D eigenvalue weighted by molar-refractivity contribution is 0.0263. The highest BCUT2D eigenvalue weighted by Crippen LogP contribution is 2.29. The number of benzene rings is 1. The van der Waals surface area contributed by atoms with E-state index < -0.39 is 0 Å². The van der Waals surface area contributed by atoms with Crippen molar-refractivity contribution in [3.05, 3.63) is 91.2 Å². The lowest BCUT2D eigenvalue weighted by atomic mass is 10.1. The minimum absolute atomic E-state index is 0.186. The van der Waals surface area contributed by atoms with Crippen molar-refractivity contribution in [2.75, 3.05) is 31.2 Å². The second-order valence-corrected chi connectivity index (χ2v) is 8.41. The largest absolute Gasteiger partial charge is 0.379 e. The van der Waals surface area contributed by atoms with E-state index in [0.29, 0.717) is 0 Å². The number of hydrogen-bond donors (Lipinski definition) is 0. The predicted molar refractivity (Wildman–Crippen MR) is 129 cm³/mol.